The van der Waals surface area contributed by atoms with Crippen LogP contribution in [-0.4, -0.2) is 6.54 Å². The Bertz CT molecular complexity index is 395. The van der Waals surface area contributed by atoms with Gasteiger partial charge in [0.15, 0.2) is 0 Å². The predicted octanol–water partition coefficient (Wildman–Crippen LogP) is 5.74. The molecule has 0 amide bonds. The van der Waals surface area contributed by atoms with Crippen LogP contribution in [0.1, 0.15) is 64.5 Å². The number of nitrogens with one attached hydrogen (secondary N) is 1. The van der Waals surface area contributed by atoms with Crippen LogP contribution in [0, 0.1) is 11.7 Å². The summed E-state index contributed by atoms with van der Waals surface area (Å²) >= 11 is 5.77. The highest BCUT2D eigenvalue weighted by atomic mass is 35.5. The predicted molar refractivity (Wildman–Crippen MR) is 85.8 cm³/mol. The Morgan fingerprint density at radius 1 is 1.25 bits per heavy atom. The van der Waals surface area contributed by atoms with E-state index < -0.39 is 0 Å². The van der Waals surface area contributed by atoms with Crippen LogP contribution >= 0.6 is 11.6 Å². The molecule has 2 atom stereocenters. The number of benzene rings is 1. The molecule has 0 aliphatic carbocycles. The van der Waals surface area contributed by atoms with Crippen LogP contribution in [0.15, 0.2) is 18.2 Å². The molecule has 0 bridgehead atoms. The van der Waals surface area contributed by atoms with E-state index in [4.69, 9.17) is 11.6 Å². The molecule has 1 rings (SSSR count). The third kappa shape index (κ3) is 5.41. The van der Waals surface area contributed by atoms with Gasteiger partial charge in [-0.05, 0) is 36.6 Å². The molecule has 0 radical (unpaired) electrons. The zero-order chi connectivity index (χ0) is 15.0. The lowest BCUT2D eigenvalue weighted by atomic mass is 9.89. The molecule has 1 aromatic carbocycles. The summed E-state index contributed by atoms with van der Waals surface area (Å²) in [6, 6.07) is 5.38. The minimum Gasteiger partial charge on any atom is -0.310 e. The van der Waals surface area contributed by atoms with Gasteiger partial charge in [-0.1, -0.05) is 64.1 Å². The Morgan fingerprint density at radius 2 is 2.00 bits per heavy atom. The molecule has 0 aliphatic heterocycles. The second-order valence-electron chi connectivity index (χ2n) is 5.44. The molecule has 0 spiro atoms. The molecule has 0 saturated heterocycles. The van der Waals surface area contributed by atoms with Gasteiger partial charge in [-0.25, -0.2) is 4.39 Å². The zero-order valence-electron chi connectivity index (χ0n) is 12.9. The summed E-state index contributed by atoms with van der Waals surface area (Å²) in [5.41, 5.74) is 1.00. The summed E-state index contributed by atoms with van der Waals surface area (Å²) in [6.07, 6.45) is 6.00. The third-order valence-corrected chi connectivity index (χ3v) is 4.22. The monoisotopic (exact) mass is 299 g/mol. The van der Waals surface area contributed by atoms with Crippen LogP contribution in [0.3, 0.4) is 0 Å². The lowest BCUT2D eigenvalue weighted by molar-refractivity contribution is 0.356. The Labute approximate surface area is 127 Å². The summed E-state index contributed by atoms with van der Waals surface area (Å²) < 4.78 is 13.6. The van der Waals surface area contributed by atoms with Crippen LogP contribution in [0.25, 0.3) is 0 Å². The van der Waals surface area contributed by atoms with Crippen molar-refractivity contribution in [3.05, 3.63) is 34.6 Å². The van der Waals surface area contributed by atoms with Crippen molar-refractivity contribution in [3.8, 4) is 0 Å². The number of hydrogen-bond donors (Lipinski definition) is 1. The normalized spacial score (nSPS) is 14.2. The fraction of sp³-hybridized carbons (Fsp3) is 0.647. The lowest BCUT2D eigenvalue weighted by Crippen LogP contribution is -2.23. The van der Waals surface area contributed by atoms with E-state index in [2.05, 4.69) is 26.1 Å². The first-order chi connectivity index (χ1) is 9.62. The van der Waals surface area contributed by atoms with Crippen LogP contribution in [0.5, 0.6) is 0 Å². The number of halogens is 2. The van der Waals surface area contributed by atoms with Crippen LogP contribution in [0.2, 0.25) is 5.02 Å². The highest BCUT2D eigenvalue weighted by Gasteiger charge is 2.17. The van der Waals surface area contributed by atoms with Gasteiger partial charge in [0.2, 0.25) is 0 Å². The molecule has 3 heteroatoms. The smallest absolute Gasteiger partial charge is 0.142 e. The highest BCUT2D eigenvalue weighted by molar-refractivity contribution is 6.30. The fourth-order valence-electron chi connectivity index (χ4n) is 2.63. The second-order valence-corrected chi connectivity index (χ2v) is 5.84. The van der Waals surface area contributed by atoms with Crippen molar-refractivity contribution >= 4 is 11.6 Å². The molecule has 0 saturated carbocycles. The Hall–Kier alpha value is -0.600. The number of unbranched alkanes of at least 4 members (excludes halogenated alkanes) is 1. The van der Waals surface area contributed by atoms with Gasteiger partial charge in [-0.3, -0.25) is 0 Å². The third-order valence-electron chi connectivity index (χ3n) is 3.91. The van der Waals surface area contributed by atoms with E-state index in [1.165, 1.54) is 25.7 Å². The van der Waals surface area contributed by atoms with Crippen molar-refractivity contribution in [2.45, 2.75) is 58.9 Å². The van der Waals surface area contributed by atoms with Crippen molar-refractivity contribution in [2.24, 2.45) is 5.92 Å². The van der Waals surface area contributed by atoms with Crippen molar-refractivity contribution in [1.29, 1.82) is 0 Å². The molecule has 0 heterocycles. The largest absolute Gasteiger partial charge is 0.310 e. The molecule has 0 aromatic heterocycles. The van der Waals surface area contributed by atoms with E-state index >= 15 is 0 Å². The maximum absolute atomic E-state index is 13.6. The quantitative estimate of drug-likeness (QED) is 0.613. The van der Waals surface area contributed by atoms with E-state index in [0.29, 0.717) is 5.92 Å². The Kier molecular flexibility index (Phi) is 8.16. The summed E-state index contributed by atoms with van der Waals surface area (Å²) in [6.45, 7) is 7.44. The van der Waals surface area contributed by atoms with Gasteiger partial charge in [-0.15, -0.1) is 0 Å². The molecule has 0 fully saturated rings. The Morgan fingerprint density at radius 3 is 2.55 bits per heavy atom. The SMILES string of the molecule is CCCCC(CC)CC(NCC)c1ccc(Cl)c(F)c1. The van der Waals surface area contributed by atoms with E-state index in [-0.39, 0.29) is 16.9 Å². The van der Waals surface area contributed by atoms with Crippen molar-refractivity contribution < 1.29 is 4.39 Å². The van der Waals surface area contributed by atoms with Crippen molar-refractivity contribution in [1.82, 2.24) is 5.32 Å². The van der Waals surface area contributed by atoms with Crippen molar-refractivity contribution in [3.63, 3.8) is 0 Å². The molecule has 114 valence electrons. The van der Waals surface area contributed by atoms with Gasteiger partial charge < -0.3 is 5.32 Å². The molecule has 1 N–H and O–H groups in total. The van der Waals surface area contributed by atoms with Gasteiger partial charge in [0, 0.05) is 6.04 Å². The highest BCUT2D eigenvalue weighted by Crippen LogP contribution is 2.28. The van der Waals surface area contributed by atoms with Crippen LogP contribution < -0.4 is 5.32 Å². The molecule has 2 unspecified atom stereocenters. The molecule has 20 heavy (non-hydrogen) atoms. The maximum Gasteiger partial charge on any atom is 0.142 e. The van der Waals surface area contributed by atoms with E-state index in [1.807, 2.05) is 6.07 Å². The number of hydrogen-bond acceptors (Lipinski definition) is 1. The lowest BCUT2D eigenvalue weighted by Gasteiger charge is -2.24. The summed E-state index contributed by atoms with van der Waals surface area (Å²) in [4.78, 5) is 0. The summed E-state index contributed by atoms with van der Waals surface area (Å²) in [7, 11) is 0. The molecular formula is C17H27ClFN. The average molecular weight is 300 g/mol. The van der Waals surface area contributed by atoms with E-state index in [0.717, 1.165) is 18.5 Å². The zero-order valence-corrected chi connectivity index (χ0v) is 13.6. The Balaban J connectivity index is 2.78. The van der Waals surface area contributed by atoms with Gasteiger partial charge in [0.05, 0.1) is 5.02 Å². The number of rotatable bonds is 9. The second kappa shape index (κ2) is 9.36. The van der Waals surface area contributed by atoms with E-state index in [1.54, 1.807) is 12.1 Å². The van der Waals surface area contributed by atoms with Crippen LogP contribution in [-0.2, 0) is 0 Å². The maximum atomic E-state index is 13.6. The van der Waals surface area contributed by atoms with E-state index in [9.17, 15) is 4.39 Å². The first-order valence-electron chi connectivity index (χ1n) is 7.80. The molecule has 1 aromatic rings. The summed E-state index contributed by atoms with van der Waals surface area (Å²) in [5.74, 6) is 0.367. The van der Waals surface area contributed by atoms with Gasteiger partial charge in [-0.2, -0.15) is 0 Å². The van der Waals surface area contributed by atoms with Crippen LogP contribution in [0.4, 0.5) is 4.39 Å². The molecule has 0 aliphatic rings. The molecule has 1 nitrogen and oxygen atoms in total. The topological polar surface area (TPSA) is 12.0 Å². The van der Waals surface area contributed by atoms with Gasteiger partial charge >= 0.3 is 0 Å². The first-order valence-corrected chi connectivity index (χ1v) is 8.18. The van der Waals surface area contributed by atoms with Crippen molar-refractivity contribution in [2.75, 3.05) is 6.54 Å². The fourth-order valence-corrected chi connectivity index (χ4v) is 2.75. The minimum absolute atomic E-state index is 0.196. The van der Waals surface area contributed by atoms with Gasteiger partial charge in [0.1, 0.15) is 5.82 Å². The summed E-state index contributed by atoms with van der Waals surface area (Å²) in [5, 5.41) is 3.67. The minimum atomic E-state index is -0.325. The molecular weight excluding hydrogens is 273 g/mol. The average Bonchev–Trinajstić information content (AvgIpc) is 2.45. The van der Waals surface area contributed by atoms with Gasteiger partial charge in [0.25, 0.3) is 0 Å². The first kappa shape index (κ1) is 17.5. The standard InChI is InChI=1S/C17H27ClFN/c1-4-7-8-13(5-2)11-17(20-6-3)14-9-10-15(18)16(19)12-14/h9-10,12-13,17,20H,4-8,11H2,1-3H3.